The number of hydrogen-bond acceptors (Lipinski definition) is 3. The Morgan fingerprint density at radius 3 is 2.20 bits per heavy atom. The summed E-state index contributed by atoms with van der Waals surface area (Å²) < 4.78 is 2.49. The number of nitrogens with two attached hydrogens (primary N) is 1. The van der Waals surface area contributed by atoms with Crippen LogP contribution in [0.4, 0.5) is 5.95 Å². The molecule has 4 nitrogen and oxygen atoms in total. The molecule has 0 aliphatic heterocycles. The van der Waals surface area contributed by atoms with Crippen LogP contribution in [0.3, 0.4) is 0 Å². The van der Waals surface area contributed by atoms with Crippen molar-refractivity contribution in [3.05, 3.63) is 4.77 Å². The number of hydrogen-bond donors (Lipinski definition) is 2. The summed E-state index contributed by atoms with van der Waals surface area (Å²) in [6.07, 6.45) is 0. The molecule has 1 rings (SSSR count). The van der Waals surface area contributed by atoms with Crippen LogP contribution < -0.4 is 5.73 Å². The van der Waals surface area contributed by atoms with E-state index < -0.39 is 0 Å². The summed E-state index contributed by atoms with van der Waals surface area (Å²) >= 11 is 5.13. The van der Waals surface area contributed by atoms with Gasteiger partial charge in [-0.3, -0.25) is 4.57 Å². The van der Waals surface area contributed by atoms with Gasteiger partial charge in [0.25, 0.3) is 0 Å². The van der Waals surface area contributed by atoms with Crippen molar-refractivity contribution in [2.45, 2.75) is 34.2 Å². The Kier molecular flexibility index (Phi) is 3.90. The lowest BCUT2D eigenvalue weighted by molar-refractivity contribution is 0.252. The third-order valence-corrected chi connectivity index (χ3v) is 3.21. The average molecular weight is 228 g/mol. The van der Waals surface area contributed by atoms with Gasteiger partial charge in [-0.15, -0.1) is 5.10 Å². The van der Waals surface area contributed by atoms with Gasteiger partial charge in [0.05, 0.1) is 0 Å². The van der Waals surface area contributed by atoms with Crippen molar-refractivity contribution < 1.29 is 0 Å². The van der Waals surface area contributed by atoms with E-state index in [0.717, 1.165) is 6.54 Å². The Balaban J connectivity index is 2.88. The average Bonchev–Trinajstić information content (AvgIpc) is 2.42. The molecule has 86 valence electrons. The molecule has 1 heterocycles. The first-order chi connectivity index (χ1) is 6.93. The number of nitrogens with zero attached hydrogens (tertiary/aromatic N) is 2. The van der Waals surface area contributed by atoms with Crippen LogP contribution >= 0.6 is 12.2 Å². The summed E-state index contributed by atoms with van der Waals surface area (Å²) in [7, 11) is 0. The zero-order valence-corrected chi connectivity index (χ0v) is 10.6. The van der Waals surface area contributed by atoms with E-state index in [1.165, 1.54) is 0 Å². The zero-order valence-electron chi connectivity index (χ0n) is 9.82. The molecule has 0 saturated carbocycles. The maximum Gasteiger partial charge on any atom is 0.220 e. The summed E-state index contributed by atoms with van der Waals surface area (Å²) in [5.41, 5.74) is 5.74. The maximum absolute atomic E-state index is 5.74. The van der Waals surface area contributed by atoms with Gasteiger partial charge in [0, 0.05) is 6.54 Å². The molecule has 3 N–H and O–H groups in total. The van der Waals surface area contributed by atoms with E-state index in [1.807, 2.05) is 4.57 Å². The minimum absolute atomic E-state index is 0.478. The lowest BCUT2D eigenvalue weighted by atomic mass is 9.85. The van der Waals surface area contributed by atoms with Crippen LogP contribution in [-0.2, 0) is 6.54 Å². The van der Waals surface area contributed by atoms with Crippen molar-refractivity contribution in [3.8, 4) is 0 Å². The van der Waals surface area contributed by atoms with E-state index in [9.17, 15) is 0 Å². The second-order valence-corrected chi connectivity index (χ2v) is 5.04. The van der Waals surface area contributed by atoms with Gasteiger partial charge in [0.2, 0.25) is 5.95 Å². The van der Waals surface area contributed by atoms with Crippen molar-refractivity contribution in [1.29, 1.82) is 0 Å². The van der Waals surface area contributed by atoms with Gasteiger partial charge in [-0.25, -0.2) is 5.10 Å². The minimum Gasteiger partial charge on any atom is -0.368 e. The minimum atomic E-state index is 0.478. The third-order valence-electron chi connectivity index (χ3n) is 2.89. The fraction of sp³-hybridized carbons (Fsp3) is 0.800. The molecular formula is C10H20N4S. The molecule has 0 radical (unpaired) electrons. The fourth-order valence-electron chi connectivity index (χ4n) is 1.91. The lowest BCUT2D eigenvalue weighted by Gasteiger charge is -2.25. The molecule has 0 saturated heterocycles. The van der Waals surface area contributed by atoms with Crippen molar-refractivity contribution in [1.82, 2.24) is 14.8 Å². The number of H-pyrrole nitrogens is 1. The molecule has 15 heavy (non-hydrogen) atoms. The Morgan fingerprint density at radius 2 is 1.87 bits per heavy atom. The van der Waals surface area contributed by atoms with Crippen LogP contribution in [0.5, 0.6) is 0 Å². The number of nitrogens with one attached hydrogen (secondary N) is 1. The third kappa shape index (κ3) is 2.81. The normalized spacial score (nSPS) is 11.9. The summed E-state index contributed by atoms with van der Waals surface area (Å²) in [5, 5.41) is 6.62. The lowest BCUT2D eigenvalue weighted by Crippen LogP contribution is -2.22. The SMILES string of the molecule is CC(C)C(Cn1c(N)n[nH]c1=S)C(C)C. The van der Waals surface area contributed by atoms with Gasteiger partial charge >= 0.3 is 0 Å². The van der Waals surface area contributed by atoms with Gasteiger partial charge in [0.15, 0.2) is 4.77 Å². The van der Waals surface area contributed by atoms with Gasteiger partial charge in [-0.1, -0.05) is 27.7 Å². The first-order valence-electron chi connectivity index (χ1n) is 5.34. The topological polar surface area (TPSA) is 59.6 Å². The van der Waals surface area contributed by atoms with E-state index in [4.69, 9.17) is 18.0 Å². The molecule has 0 fully saturated rings. The van der Waals surface area contributed by atoms with Crippen molar-refractivity contribution in [2.75, 3.05) is 5.73 Å². The van der Waals surface area contributed by atoms with Crippen LogP contribution in [-0.4, -0.2) is 14.8 Å². The molecule has 0 unspecified atom stereocenters. The predicted molar refractivity (Wildman–Crippen MR) is 65.0 cm³/mol. The molecule has 0 aliphatic rings. The highest BCUT2D eigenvalue weighted by molar-refractivity contribution is 7.71. The van der Waals surface area contributed by atoms with Crippen molar-refractivity contribution in [3.63, 3.8) is 0 Å². The number of rotatable bonds is 4. The molecule has 0 atom stereocenters. The molecule has 0 aromatic carbocycles. The maximum atomic E-state index is 5.74. The molecule has 0 amide bonds. The summed E-state index contributed by atoms with van der Waals surface area (Å²) in [5.74, 6) is 2.27. The van der Waals surface area contributed by atoms with Gasteiger partial charge in [0.1, 0.15) is 0 Å². The van der Waals surface area contributed by atoms with Crippen LogP contribution in [0, 0.1) is 22.5 Å². The summed E-state index contributed by atoms with van der Waals surface area (Å²) in [6.45, 7) is 9.75. The van der Waals surface area contributed by atoms with Crippen molar-refractivity contribution >= 4 is 18.2 Å². The van der Waals surface area contributed by atoms with E-state index in [2.05, 4.69) is 37.9 Å². The van der Waals surface area contributed by atoms with Crippen LogP contribution in [0.25, 0.3) is 0 Å². The zero-order chi connectivity index (χ0) is 11.6. The number of aromatic amines is 1. The standard InChI is InChI=1S/C10H20N4S/c1-6(2)8(7(3)4)5-14-9(11)12-13-10(14)15/h6-8H,5H2,1-4H3,(H2,11,12)(H,13,15). The largest absolute Gasteiger partial charge is 0.368 e. The van der Waals surface area contributed by atoms with Crippen LogP contribution in [0.15, 0.2) is 0 Å². The number of nitrogen functional groups attached to an aromatic ring is 1. The summed E-state index contributed by atoms with van der Waals surface area (Å²) in [4.78, 5) is 0. The van der Waals surface area contributed by atoms with Gasteiger partial charge in [-0.2, -0.15) is 0 Å². The van der Waals surface area contributed by atoms with Crippen LogP contribution in [0.2, 0.25) is 0 Å². The molecule has 1 aromatic rings. The fourth-order valence-corrected chi connectivity index (χ4v) is 2.12. The smallest absolute Gasteiger partial charge is 0.220 e. The first-order valence-corrected chi connectivity index (χ1v) is 5.75. The first kappa shape index (κ1) is 12.2. The monoisotopic (exact) mass is 228 g/mol. The molecule has 1 aromatic heterocycles. The second kappa shape index (κ2) is 4.79. The predicted octanol–water partition coefficient (Wildman–Crippen LogP) is 2.45. The van der Waals surface area contributed by atoms with Crippen LogP contribution in [0.1, 0.15) is 27.7 Å². The quantitative estimate of drug-likeness (QED) is 0.778. The highest BCUT2D eigenvalue weighted by Gasteiger charge is 2.19. The van der Waals surface area contributed by atoms with E-state index in [1.54, 1.807) is 0 Å². The van der Waals surface area contributed by atoms with E-state index in [-0.39, 0.29) is 0 Å². The van der Waals surface area contributed by atoms with E-state index in [0.29, 0.717) is 28.5 Å². The molecular weight excluding hydrogens is 208 g/mol. The van der Waals surface area contributed by atoms with Gasteiger partial charge < -0.3 is 5.73 Å². The van der Waals surface area contributed by atoms with Gasteiger partial charge in [-0.05, 0) is 30.0 Å². The molecule has 0 aliphatic carbocycles. The van der Waals surface area contributed by atoms with Crippen molar-refractivity contribution in [2.24, 2.45) is 17.8 Å². The molecule has 5 heteroatoms. The Labute approximate surface area is 95.9 Å². The second-order valence-electron chi connectivity index (χ2n) is 4.65. The molecule has 0 spiro atoms. The Morgan fingerprint density at radius 1 is 1.33 bits per heavy atom. The van der Waals surface area contributed by atoms with E-state index >= 15 is 0 Å². The Hall–Kier alpha value is -0.840. The highest BCUT2D eigenvalue weighted by atomic mass is 32.1. The number of aromatic nitrogens is 3. The Bertz CT molecular complexity index is 356. The summed E-state index contributed by atoms with van der Waals surface area (Å²) in [6, 6.07) is 0. The highest BCUT2D eigenvalue weighted by Crippen LogP contribution is 2.23. The molecule has 0 bridgehead atoms. The number of anilines is 1.